The minimum Gasteiger partial charge on any atom is -0.623 e. The SMILES string of the molecule is CC1=CC=CC(=S(=O)=O)[NH+]1[O-]. The van der Waals surface area contributed by atoms with E-state index >= 15 is 0 Å². The molecule has 4 nitrogen and oxygen atoms in total. The Bertz CT molecular complexity index is 342. The van der Waals surface area contributed by atoms with Crippen molar-refractivity contribution in [1.82, 2.24) is 0 Å². The van der Waals surface area contributed by atoms with Crippen molar-refractivity contribution in [2.24, 2.45) is 0 Å². The summed E-state index contributed by atoms with van der Waals surface area (Å²) >= 11 is 0. The second-order valence-electron chi connectivity index (χ2n) is 2.14. The predicted molar refractivity (Wildman–Crippen MR) is 41.2 cm³/mol. The monoisotopic (exact) mass is 173 g/mol. The van der Waals surface area contributed by atoms with Crippen LogP contribution >= 0.6 is 0 Å². The van der Waals surface area contributed by atoms with E-state index in [0.29, 0.717) is 5.70 Å². The molecule has 0 saturated carbocycles. The molecule has 0 spiro atoms. The first-order valence-corrected chi connectivity index (χ1v) is 4.06. The van der Waals surface area contributed by atoms with E-state index < -0.39 is 15.4 Å². The molecule has 11 heavy (non-hydrogen) atoms. The van der Waals surface area contributed by atoms with E-state index in [1.54, 1.807) is 19.1 Å². The van der Waals surface area contributed by atoms with Crippen LogP contribution in [0.15, 0.2) is 23.9 Å². The molecule has 0 aromatic heterocycles. The van der Waals surface area contributed by atoms with Crippen molar-refractivity contribution < 1.29 is 13.5 Å². The highest BCUT2D eigenvalue weighted by atomic mass is 32.2. The zero-order valence-corrected chi connectivity index (χ0v) is 6.68. The first-order chi connectivity index (χ1) is 5.13. The summed E-state index contributed by atoms with van der Waals surface area (Å²) in [7, 11) is -2.41. The average molecular weight is 173 g/mol. The fourth-order valence-corrected chi connectivity index (χ4v) is 1.26. The maximum absolute atomic E-state index is 11.0. The van der Waals surface area contributed by atoms with Crippen molar-refractivity contribution in [2.75, 3.05) is 0 Å². The molecule has 0 amide bonds. The summed E-state index contributed by atoms with van der Waals surface area (Å²) in [6, 6.07) is 0. The van der Waals surface area contributed by atoms with Crippen LogP contribution in [0.2, 0.25) is 0 Å². The first-order valence-electron chi connectivity index (χ1n) is 2.99. The van der Waals surface area contributed by atoms with Gasteiger partial charge in [-0.1, -0.05) is 0 Å². The van der Waals surface area contributed by atoms with Crippen LogP contribution < -0.4 is 5.06 Å². The number of allylic oxidation sites excluding steroid dienone is 3. The molecule has 1 unspecified atom stereocenters. The maximum Gasteiger partial charge on any atom is 0.276 e. The Labute approximate surface area is 65.5 Å². The summed E-state index contributed by atoms with van der Waals surface area (Å²) in [5.41, 5.74) is 0.451. The van der Waals surface area contributed by atoms with E-state index in [0.717, 1.165) is 0 Å². The third-order valence-corrected chi connectivity index (χ3v) is 2.04. The lowest BCUT2D eigenvalue weighted by molar-refractivity contribution is -0.697. The maximum atomic E-state index is 11.0. The number of hydrogen-bond acceptors (Lipinski definition) is 3. The molecule has 1 N–H and O–H groups in total. The van der Waals surface area contributed by atoms with Gasteiger partial charge >= 0.3 is 0 Å². The lowest BCUT2D eigenvalue weighted by Crippen LogP contribution is -3.08. The Morgan fingerprint density at radius 1 is 1.55 bits per heavy atom. The summed E-state index contributed by atoms with van der Waals surface area (Å²) < 4.78 is 20.7. The second-order valence-corrected chi connectivity index (χ2v) is 3.05. The van der Waals surface area contributed by atoms with Gasteiger partial charge in [-0.2, -0.15) is 8.42 Å². The Balaban J connectivity index is 3.20. The molecule has 1 rings (SSSR count). The van der Waals surface area contributed by atoms with Crippen LogP contribution in [0.5, 0.6) is 0 Å². The van der Waals surface area contributed by atoms with E-state index in [2.05, 4.69) is 0 Å². The van der Waals surface area contributed by atoms with Gasteiger partial charge in [-0.25, -0.2) is 0 Å². The summed E-state index contributed by atoms with van der Waals surface area (Å²) in [4.78, 5) is -0.162. The van der Waals surface area contributed by atoms with Crippen LogP contribution in [-0.4, -0.2) is 13.4 Å². The van der Waals surface area contributed by atoms with Gasteiger partial charge in [0.1, 0.15) is 5.70 Å². The smallest absolute Gasteiger partial charge is 0.276 e. The average Bonchev–Trinajstić information content (AvgIpc) is 1.94. The summed E-state index contributed by atoms with van der Waals surface area (Å²) in [6.45, 7) is 1.58. The lowest BCUT2D eigenvalue weighted by Gasteiger charge is -2.21. The highest BCUT2D eigenvalue weighted by molar-refractivity contribution is 7.72. The number of nitrogens with one attached hydrogen (secondary N) is 1. The largest absolute Gasteiger partial charge is 0.623 e. The Morgan fingerprint density at radius 3 is 2.64 bits per heavy atom. The second kappa shape index (κ2) is 3.00. The predicted octanol–water partition coefficient (Wildman–Crippen LogP) is -1.15. The normalized spacial score (nSPS) is 23.3. The molecule has 0 radical (unpaired) electrons. The third-order valence-electron chi connectivity index (χ3n) is 1.36. The van der Waals surface area contributed by atoms with Crippen molar-refractivity contribution >= 4 is 15.3 Å². The molecule has 0 aromatic carbocycles. The molecule has 0 fully saturated rings. The van der Waals surface area contributed by atoms with E-state index in [9.17, 15) is 13.6 Å². The van der Waals surface area contributed by atoms with Crippen LogP contribution in [0, 0.1) is 5.21 Å². The fraction of sp³-hybridized carbons (Fsp3) is 0.167. The van der Waals surface area contributed by atoms with Gasteiger partial charge < -0.3 is 5.21 Å². The molecule has 5 heteroatoms. The van der Waals surface area contributed by atoms with E-state index in [1.807, 2.05) is 0 Å². The van der Waals surface area contributed by atoms with Gasteiger partial charge in [0.05, 0.1) is 0 Å². The van der Waals surface area contributed by atoms with Crippen LogP contribution in [0.25, 0.3) is 0 Å². The Morgan fingerprint density at radius 2 is 2.18 bits per heavy atom. The molecule has 1 atom stereocenters. The minimum atomic E-state index is -2.41. The van der Waals surface area contributed by atoms with Crippen LogP contribution in [-0.2, 0) is 10.3 Å². The molecule has 0 saturated heterocycles. The van der Waals surface area contributed by atoms with Crippen molar-refractivity contribution in [3.05, 3.63) is 29.1 Å². The number of hydrogen-bond donors (Lipinski definition) is 1. The summed E-state index contributed by atoms with van der Waals surface area (Å²) in [5, 5.41) is 10.6. The Kier molecular flexibility index (Phi) is 2.23. The van der Waals surface area contributed by atoms with Crippen LogP contribution in [0.1, 0.15) is 6.92 Å². The fourth-order valence-electron chi connectivity index (χ4n) is 0.757. The van der Waals surface area contributed by atoms with E-state index in [4.69, 9.17) is 0 Å². The zero-order valence-electron chi connectivity index (χ0n) is 5.87. The highest BCUT2D eigenvalue weighted by Gasteiger charge is 2.11. The van der Waals surface area contributed by atoms with Gasteiger partial charge in [-0.15, -0.1) is 0 Å². The lowest BCUT2D eigenvalue weighted by atomic mass is 10.3. The Hall–Kier alpha value is -0.910. The van der Waals surface area contributed by atoms with Crippen LogP contribution in [0.4, 0.5) is 0 Å². The topological polar surface area (TPSA) is 61.6 Å². The molecule has 0 aromatic rings. The number of rotatable bonds is 0. The summed E-state index contributed by atoms with van der Waals surface area (Å²) in [5.74, 6) is 0. The van der Waals surface area contributed by atoms with Crippen LogP contribution in [0.3, 0.4) is 0 Å². The molecule has 1 heterocycles. The van der Waals surface area contributed by atoms with Gasteiger partial charge in [0.15, 0.2) is 0 Å². The van der Waals surface area contributed by atoms with Gasteiger partial charge in [0.25, 0.3) is 15.3 Å². The van der Waals surface area contributed by atoms with Gasteiger partial charge in [0.2, 0.25) is 0 Å². The van der Waals surface area contributed by atoms with Crippen molar-refractivity contribution in [3.63, 3.8) is 0 Å². The van der Waals surface area contributed by atoms with E-state index in [1.165, 1.54) is 6.08 Å². The molecule has 60 valence electrons. The van der Waals surface area contributed by atoms with Gasteiger partial charge in [-0.05, 0) is 12.2 Å². The number of hydroxylamine groups is 2. The quantitative estimate of drug-likeness (QED) is 0.372. The van der Waals surface area contributed by atoms with Gasteiger partial charge in [-0.3, -0.25) is 5.06 Å². The standard InChI is InChI=1S/C6H7NO3S/c1-5-3-2-4-6(7(5)8)11(9)10/h2-4,7H,1H3. The number of quaternary nitrogens is 1. The van der Waals surface area contributed by atoms with Gasteiger partial charge in [0, 0.05) is 13.0 Å². The molecule has 0 aliphatic carbocycles. The molecular formula is C6H7NO3S. The zero-order chi connectivity index (χ0) is 8.43. The third kappa shape index (κ3) is 1.56. The molecule has 1 aliphatic heterocycles. The highest BCUT2D eigenvalue weighted by Crippen LogP contribution is 1.88. The van der Waals surface area contributed by atoms with Crippen molar-refractivity contribution in [1.29, 1.82) is 0 Å². The van der Waals surface area contributed by atoms with Crippen molar-refractivity contribution in [2.45, 2.75) is 6.92 Å². The van der Waals surface area contributed by atoms with Crippen molar-refractivity contribution in [3.8, 4) is 0 Å². The minimum absolute atomic E-state index is 0.162. The molecular weight excluding hydrogens is 166 g/mol. The molecule has 0 bridgehead atoms. The first kappa shape index (κ1) is 8.19. The molecule has 1 aliphatic rings. The van der Waals surface area contributed by atoms with E-state index in [-0.39, 0.29) is 4.99 Å². The summed E-state index contributed by atoms with van der Waals surface area (Å²) in [6.07, 6.45) is 4.42.